The SMILES string of the molecule is CCCn1cc(C(NN)C(C)(C)c2ccc(F)cc2)cn1. The molecule has 1 unspecified atom stereocenters. The zero-order valence-corrected chi connectivity index (χ0v) is 12.8. The van der Waals surface area contributed by atoms with Crippen molar-refractivity contribution in [2.24, 2.45) is 5.84 Å². The first kappa shape index (κ1) is 15.7. The maximum absolute atomic E-state index is 13.1. The van der Waals surface area contributed by atoms with Gasteiger partial charge in [-0.1, -0.05) is 32.9 Å². The molecule has 1 atom stereocenters. The molecule has 114 valence electrons. The number of nitrogens with two attached hydrogens (primary N) is 1. The minimum absolute atomic E-state index is 0.103. The molecule has 1 heterocycles. The van der Waals surface area contributed by atoms with E-state index in [9.17, 15) is 4.39 Å². The number of benzene rings is 1. The summed E-state index contributed by atoms with van der Waals surface area (Å²) in [6.07, 6.45) is 4.88. The van der Waals surface area contributed by atoms with Crippen LogP contribution in [0.4, 0.5) is 4.39 Å². The Morgan fingerprint density at radius 1 is 1.33 bits per heavy atom. The number of rotatable bonds is 6. The summed E-state index contributed by atoms with van der Waals surface area (Å²) in [5.41, 5.74) is 4.64. The summed E-state index contributed by atoms with van der Waals surface area (Å²) < 4.78 is 15.0. The van der Waals surface area contributed by atoms with E-state index in [2.05, 4.69) is 31.3 Å². The van der Waals surface area contributed by atoms with Crippen LogP contribution in [0.1, 0.15) is 44.4 Å². The molecular formula is C16H23FN4. The van der Waals surface area contributed by atoms with Crippen LogP contribution in [-0.4, -0.2) is 9.78 Å². The minimum atomic E-state index is -0.289. The molecule has 0 radical (unpaired) electrons. The molecule has 1 aromatic heterocycles. The zero-order valence-electron chi connectivity index (χ0n) is 12.8. The second-order valence-electron chi connectivity index (χ2n) is 5.87. The Kier molecular flexibility index (Phi) is 4.75. The van der Waals surface area contributed by atoms with Crippen LogP contribution in [0, 0.1) is 5.82 Å². The Labute approximate surface area is 125 Å². The van der Waals surface area contributed by atoms with E-state index in [1.165, 1.54) is 12.1 Å². The predicted molar refractivity (Wildman–Crippen MR) is 82.0 cm³/mol. The number of hydrazine groups is 1. The number of hydrogen-bond acceptors (Lipinski definition) is 3. The molecule has 0 spiro atoms. The molecule has 0 saturated heterocycles. The van der Waals surface area contributed by atoms with Gasteiger partial charge in [0.15, 0.2) is 0 Å². The van der Waals surface area contributed by atoms with Gasteiger partial charge in [-0.15, -0.1) is 0 Å². The second kappa shape index (κ2) is 6.37. The quantitative estimate of drug-likeness (QED) is 0.635. The van der Waals surface area contributed by atoms with Crippen molar-refractivity contribution in [1.82, 2.24) is 15.2 Å². The smallest absolute Gasteiger partial charge is 0.123 e. The minimum Gasteiger partial charge on any atom is -0.272 e. The predicted octanol–water partition coefficient (Wildman–Crippen LogP) is 2.91. The van der Waals surface area contributed by atoms with Crippen molar-refractivity contribution in [2.75, 3.05) is 0 Å². The molecule has 5 heteroatoms. The summed E-state index contributed by atoms with van der Waals surface area (Å²) in [6, 6.07) is 6.45. The number of nitrogens with one attached hydrogen (secondary N) is 1. The lowest BCUT2D eigenvalue weighted by Crippen LogP contribution is -2.40. The Balaban J connectivity index is 2.31. The third-order valence-electron chi connectivity index (χ3n) is 3.92. The molecule has 4 nitrogen and oxygen atoms in total. The molecule has 0 amide bonds. The molecular weight excluding hydrogens is 267 g/mol. The molecule has 0 aliphatic rings. The van der Waals surface area contributed by atoms with Gasteiger partial charge in [0, 0.05) is 23.7 Å². The van der Waals surface area contributed by atoms with Gasteiger partial charge in [0.05, 0.1) is 12.2 Å². The molecule has 0 bridgehead atoms. The van der Waals surface area contributed by atoms with Crippen LogP contribution in [0.3, 0.4) is 0 Å². The summed E-state index contributed by atoms with van der Waals surface area (Å²) in [5, 5.41) is 4.36. The van der Waals surface area contributed by atoms with Crippen molar-refractivity contribution in [1.29, 1.82) is 0 Å². The molecule has 2 rings (SSSR count). The first-order valence-corrected chi connectivity index (χ1v) is 7.23. The van der Waals surface area contributed by atoms with Gasteiger partial charge in [-0.05, 0) is 24.1 Å². The fourth-order valence-corrected chi connectivity index (χ4v) is 2.65. The fourth-order valence-electron chi connectivity index (χ4n) is 2.65. The molecule has 2 aromatic rings. The highest BCUT2D eigenvalue weighted by Crippen LogP contribution is 2.36. The van der Waals surface area contributed by atoms with Gasteiger partial charge in [0.2, 0.25) is 0 Å². The van der Waals surface area contributed by atoms with E-state index in [1.807, 2.05) is 17.1 Å². The first-order valence-electron chi connectivity index (χ1n) is 7.23. The van der Waals surface area contributed by atoms with Gasteiger partial charge in [-0.3, -0.25) is 16.0 Å². The maximum atomic E-state index is 13.1. The van der Waals surface area contributed by atoms with Crippen LogP contribution in [0.25, 0.3) is 0 Å². The average molecular weight is 290 g/mol. The van der Waals surface area contributed by atoms with Gasteiger partial charge < -0.3 is 0 Å². The summed E-state index contributed by atoms with van der Waals surface area (Å²) in [4.78, 5) is 0. The van der Waals surface area contributed by atoms with Crippen LogP contribution >= 0.6 is 0 Å². The zero-order chi connectivity index (χ0) is 15.5. The number of hydrogen-bond donors (Lipinski definition) is 2. The Hall–Kier alpha value is -1.72. The van der Waals surface area contributed by atoms with E-state index < -0.39 is 0 Å². The highest BCUT2D eigenvalue weighted by molar-refractivity contribution is 5.30. The van der Waals surface area contributed by atoms with Crippen LogP contribution in [0.2, 0.25) is 0 Å². The van der Waals surface area contributed by atoms with Gasteiger partial charge in [0.1, 0.15) is 5.82 Å². The highest BCUT2D eigenvalue weighted by atomic mass is 19.1. The number of nitrogens with zero attached hydrogens (tertiary/aromatic N) is 2. The Bertz CT molecular complexity index is 574. The monoisotopic (exact) mass is 290 g/mol. The third-order valence-corrected chi connectivity index (χ3v) is 3.92. The van der Waals surface area contributed by atoms with Gasteiger partial charge in [0.25, 0.3) is 0 Å². The van der Waals surface area contributed by atoms with Gasteiger partial charge in [-0.2, -0.15) is 5.10 Å². The van der Waals surface area contributed by atoms with Crippen LogP contribution in [0.5, 0.6) is 0 Å². The van der Waals surface area contributed by atoms with E-state index in [0.717, 1.165) is 24.1 Å². The molecule has 0 saturated carbocycles. The molecule has 1 aromatic carbocycles. The standard InChI is InChI=1S/C16H23FN4/c1-4-9-21-11-12(10-19-21)15(20-18)16(2,3)13-5-7-14(17)8-6-13/h5-8,10-11,15,20H,4,9,18H2,1-3H3. The fraction of sp³-hybridized carbons (Fsp3) is 0.438. The Morgan fingerprint density at radius 3 is 2.57 bits per heavy atom. The molecule has 3 N–H and O–H groups in total. The summed E-state index contributed by atoms with van der Waals surface area (Å²) in [7, 11) is 0. The molecule has 0 aliphatic carbocycles. The van der Waals surface area contributed by atoms with Crippen LogP contribution in [-0.2, 0) is 12.0 Å². The molecule has 0 aliphatic heterocycles. The normalized spacial score (nSPS) is 13.4. The van der Waals surface area contributed by atoms with Crippen molar-refractivity contribution in [3.63, 3.8) is 0 Å². The number of aromatic nitrogens is 2. The average Bonchev–Trinajstić information content (AvgIpc) is 2.88. The molecule has 0 fully saturated rings. The Morgan fingerprint density at radius 2 is 2.00 bits per heavy atom. The van der Waals surface area contributed by atoms with Crippen LogP contribution in [0.15, 0.2) is 36.7 Å². The summed E-state index contributed by atoms with van der Waals surface area (Å²) >= 11 is 0. The first-order chi connectivity index (χ1) is 9.98. The summed E-state index contributed by atoms with van der Waals surface area (Å²) in [6.45, 7) is 7.17. The van der Waals surface area contributed by atoms with Crippen molar-refractivity contribution < 1.29 is 4.39 Å². The van der Waals surface area contributed by atoms with E-state index in [0.29, 0.717) is 0 Å². The van der Waals surface area contributed by atoms with Gasteiger partial charge >= 0.3 is 0 Å². The van der Waals surface area contributed by atoms with E-state index in [-0.39, 0.29) is 17.3 Å². The number of aryl methyl sites for hydroxylation is 1. The van der Waals surface area contributed by atoms with Crippen molar-refractivity contribution in [3.8, 4) is 0 Å². The van der Waals surface area contributed by atoms with Crippen molar-refractivity contribution in [2.45, 2.75) is 45.2 Å². The largest absolute Gasteiger partial charge is 0.272 e. The van der Waals surface area contributed by atoms with E-state index in [1.54, 1.807) is 12.1 Å². The van der Waals surface area contributed by atoms with E-state index >= 15 is 0 Å². The maximum Gasteiger partial charge on any atom is 0.123 e. The number of halogens is 1. The van der Waals surface area contributed by atoms with Gasteiger partial charge in [-0.25, -0.2) is 4.39 Å². The lowest BCUT2D eigenvalue weighted by atomic mass is 9.76. The van der Waals surface area contributed by atoms with E-state index in [4.69, 9.17) is 5.84 Å². The van der Waals surface area contributed by atoms with Crippen molar-refractivity contribution in [3.05, 3.63) is 53.6 Å². The summed E-state index contributed by atoms with van der Waals surface area (Å²) in [5.74, 6) is 5.55. The topological polar surface area (TPSA) is 55.9 Å². The third kappa shape index (κ3) is 3.31. The highest BCUT2D eigenvalue weighted by Gasteiger charge is 2.32. The van der Waals surface area contributed by atoms with Crippen molar-refractivity contribution >= 4 is 0 Å². The van der Waals surface area contributed by atoms with Crippen LogP contribution < -0.4 is 11.3 Å². The molecule has 21 heavy (non-hydrogen) atoms. The lowest BCUT2D eigenvalue weighted by Gasteiger charge is -2.34. The lowest BCUT2D eigenvalue weighted by molar-refractivity contribution is 0.352. The second-order valence-corrected chi connectivity index (χ2v) is 5.87.